The third-order valence-electron chi connectivity index (χ3n) is 5.25. The van der Waals surface area contributed by atoms with E-state index in [1.54, 1.807) is 19.0 Å². The molecule has 1 aliphatic heterocycles. The van der Waals surface area contributed by atoms with Gasteiger partial charge in [-0.1, -0.05) is 44.2 Å². The van der Waals surface area contributed by atoms with Crippen LogP contribution in [-0.4, -0.2) is 68.0 Å². The molecule has 1 saturated heterocycles. The zero-order valence-corrected chi connectivity index (χ0v) is 18.1. The topological polar surface area (TPSA) is 60.0 Å². The lowest BCUT2D eigenvalue weighted by molar-refractivity contribution is -0.127. The maximum atomic E-state index is 11.9. The Balaban J connectivity index is 1.89. The molecule has 28 heavy (non-hydrogen) atoms. The molecule has 6 heteroatoms. The molecule has 1 heterocycles. The van der Waals surface area contributed by atoms with Gasteiger partial charge in [0.1, 0.15) is 6.54 Å². The van der Waals surface area contributed by atoms with Crippen LogP contribution in [0.2, 0.25) is 0 Å². The highest BCUT2D eigenvalue weighted by molar-refractivity contribution is 5.84. The Morgan fingerprint density at radius 2 is 1.82 bits per heavy atom. The van der Waals surface area contributed by atoms with Gasteiger partial charge in [-0.15, -0.1) is 0 Å². The van der Waals surface area contributed by atoms with Crippen molar-refractivity contribution in [3.05, 3.63) is 35.9 Å². The number of carbonyl (C=O) groups excluding carboxylic acids is 1. The molecule has 1 fully saturated rings. The Labute approximate surface area is 170 Å². The zero-order chi connectivity index (χ0) is 20.5. The number of nitrogens with zero attached hydrogens (tertiary/aromatic N) is 3. The predicted molar refractivity (Wildman–Crippen MR) is 116 cm³/mol. The molecule has 1 atom stereocenters. The minimum Gasteiger partial charge on any atom is -0.356 e. The lowest BCUT2D eigenvalue weighted by Crippen LogP contribution is -2.49. The largest absolute Gasteiger partial charge is 0.356 e. The van der Waals surface area contributed by atoms with E-state index in [4.69, 9.17) is 0 Å². The van der Waals surface area contributed by atoms with Crippen molar-refractivity contribution in [3.63, 3.8) is 0 Å². The predicted octanol–water partition coefficient (Wildman–Crippen LogP) is 2.49. The first-order chi connectivity index (χ1) is 13.4. The molecule has 1 aromatic rings. The summed E-state index contributed by atoms with van der Waals surface area (Å²) in [6.07, 6.45) is 2.14. The summed E-state index contributed by atoms with van der Waals surface area (Å²) in [4.78, 5) is 20.5. The fraction of sp³-hybridized carbons (Fsp3) is 0.636. The highest BCUT2D eigenvalue weighted by atomic mass is 16.2. The summed E-state index contributed by atoms with van der Waals surface area (Å²) in [6.45, 7) is 9.74. The number of hydrogen-bond donors (Lipinski definition) is 2. The van der Waals surface area contributed by atoms with Crippen LogP contribution in [0, 0.1) is 5.92 Å². The number of nitrogens with one attached hydrogen (secondary N) is 2. The van der Waals surface area contributed by atoms with Crippen LogP contribution in [0.15, 0.2) is 35.3 Å². The Kier molecular flexibility index (Phi) is 8.77. The van der Waals surface area contributed by atoms with E-state index in [-0.39, 0.29) is 12.5 Å². The van der Waals surface area contributed by atoms with Crippen LogP contribution in [0.3, 0.4) is 0 Å². The summed E-state index contributed by atoms with van der Waals surface area (Å²) in [7, 11) is 3.52. The minimum absolute atomic E-state index is 0.0113. The molecule has 2 rings (SSSR count). The van der Waals surface area contributed by atoms with Crippen LogP contribution in [0.25, 0.3) is 0 Å². The molecule has 0 aliphatic carbocycles. The SMILES string of the molecule is CC(C)CNC(=NCC(=O)N(C)C)NC1CCN(C(C)c2ccccc2)CC1. The lowest BCUT2D eigenvalue weighted by Gasteiger charge is -2.37. The van der Waals surface area contributed by atoms with Gasteiger partial charge in [0.15, 0.2) is 5.96 Å². The number of likely N-dealkylation sites (tertiary alicyclic amines) is 1. The second-order valence-electron chi connectivity index (χ2n) is 8.27. The summed E-state index contributed by atoms with van der Waals surface area (Å²) in [5.74, 6) is 1.28. The smallest absolute Gasteiger partial charge is 0.243 e. The minimum atomic E-state index is 0.0113. The summed E-state index contributed by atoms with van der Waals surface area (Å²) >= 11 is 0. The highest BCUT2D eigenvalue weighted by Crippen LogP contribution is 2.23. The van der Waals surface area contributed by atoms with Crippen molar-refractivity contribution in [3.8, 4) is 0 Å². The number of benzene rings is 1. The lowest BCUT2D eigenvalue weighted by atomic mass is 10.0. The Morgan fingerprint density at radius 1 is 1.18 bits per heavy atom. The van der Waals surface area contributed by atoms with Gasteiger partial charge in [0.25, 0.3) is 0 Å². The van der Waals surface area contributed by atoms with Gasteiger partial charge in [0.05, 0.1) is 0 Å². The van der Waals surface area contributed by atoms with E-state index in [2.05, 4.69) is 71.6 Å². The van der Waals surface area contributed by atoms with E-state index in [0.29, 0.717) is 18.0 Å². The van der Waals surface area contributed by atoms with E-state index in [0.717, 1.165) is 38.4 Å². The fourth-order valence-corrected chi connectivity index (χ4v) is 3.31. The molecule has 1 aliphatic rings. The van der Waals surface area contributed by atoms with Gasteiger partial charge < -0.3 is 15.5 Å². The molecule has 0 spiro atoms. The molecule has 2 N–H and O–H groups in total. The van der Waals surface area contributed by atoms with Gasteiger partial charge in [-0.05, 0) is 31.2 Å². The maximum Gasteiger partial charge on any atom is 0.243 e. The average Bonchev–Trinajstić information content (AvgIpc) is 2.70. The van der Waals surface area contributed by atoms with E-state index in [1.807, 2.05) is 0 Å². The van der Waals surface area contributed by atoms with E-state index < -0.39 is 0 Å². The van der Waals surface area contributed by atoms with Gasteiger partial charge in [-0.25, -0.2) is 4.99 Å². The third-order valence-corrected chi connectivity index (χ3v) is 5.25. The molecule has 0 bridgehead atoms. The first-order valence-corrected chi connectivity index (χ1v) is 10.4. The average molecular weight is 388 g/mol. The quantitative estimate of drug-likeness (QED) is 0.557. The molecule has 6 nitrogen and oxygen atoms in total. The molecule has 1 amide bonds. The second kappa shape index (κ2) is 11.1. The van der Waals surface area contributed by atoms with Gasteiger partial charge in [-0.3, -0.25) is 9.69 Å². The summed E-state index contributed by atoms with van der Waals surface area (Å²) < 4.78 is 0. The molecular weight excluding hydrogens is 350 g/mol. The van der Waals surface area contributed by atoms with Crippen LogP contribution in [0.4, 0.5) is 0 Å². The van der Waals surface area contributed by atoms with Crippen molar-refractivity contribution in [2.75, 3.05) is 40.3 Å². The van der Waals surface area contributed by atoms with E-state index in [1.165, 1.54) is 5.56 Å². The van der Waals surface area contributed by atoms with Crippen LogP contribution < -0.4 is 10.6 Å². The first-order valence-electron chi connectivity index (χ1n) is 10.4. The summed E-state index contributed by atoms with van der Waals surface area (Å²) in [5, 5.41) is 6.92. The number of likely N-dealkylation sites (N-methyl/N-ethyl adjacent to an activating group) is 1. The number of hydrogen-bond acceptors (Lipinski definition) is 3. The van der Waals surface area contributed by atoms with Crippen molar-refractivity contribution < 1.29 is 4.79 Å². The number of guanidine groups is 1. The first kappa shape index (κ1) is 22.2. The Bertz CT molecular complexity index is 621. The number of carbonyl (C=O) groups is 1. The fourth-order valence-electron chi connectivity index (χ4n) is 3.31. The standard InChI is InChI=1S/C22H37N5O/c1-17(2)15-23-22(24-16-21(28)26(4)5)25-20-11-13-27(14-12-20)18(3)19-9-7-6-8-10-19/h6-10,17-18,20H,11-16H2,1-5H3,(H2,23,24,25). The monoisotopic (exact) mass is 387 g/mol. The second-order valence-corrected chi connectivity index (χ2v) is 8.27. The van der Waals surface area contributed by atoms with Crippen molar-refractivity contribution in [2.45, 2.75) is 45.7 Å². The van der Waals surface area contributed by atoms with Gasteiger partial charge >= 0.3 is 0 Å². The van der Waals surface area contributed by atoms with Gasteiger partial charge in [0.2, 0.25) is 5.91 Å². The highest BCUT2D eigenvalue weighted by Gasteiger charge is 2.24. The number of amides is 1. The maximum absolute atomic E-state index is 11.9. The van der Waals surface area contributed by atoms with Crippen LogP contribution >= 0.6 is 0 Å². The molecular formula is C22H37N5O. The number of rotatable bonds is 7. The van der Waals surface area contributed by atoms with Crippen molar-refractivity contribution in [1.29, 1.82) is 0 Å². The van der Waals surface area contributed by atoms with Crippen LogP contribution in [-0.2, 0) is 4.79 Å². The van der Waals surface area contributed by atoms with Crippen LogP contribution in [0.1, 0.15) is 45.2 Å². The third kappa shape index (κ3) is 7.15. The Hall–Kier alpha value is -2.08. The van der Waals surface area contributed by atoms with Gasteiger partial charge in [-0.2, -0.15) is 0 Å². The zero-order valence-electron chi connectivity index (χ0n) is 18.1. The molecule has 1 unspecified atom stereocenters. The molecule has 0 aromatic heterocycles. The number of piperidine rings is 1. The van der Waals surface area contributed by atoms with E-state index >= 15 is 0 Å². The van der Waals surface area contributed by atoms with Gasteiger partial charge in [0, 0.05) is 45.8 Å². The normalized spacial score (nSPS) is 17.4. The Morgan fingerprint density at radius 3 is 2.39 bits per heavy atom. The van der Waals surface area contributed by atoms with Crippen molar-refractivity contribution in [1.82, 2.24) is 20.4 Å². The molecule has 156 valence electrons. The molecule has 0 radical (unpaired) electrons. The summed E-state index contributed by atoms with van der Waals surface area (Å²) in [5.41, 5.74) is 1.37. The van der Waals surface area contributed by atoms with E-state index in [9.17, 15) is 4.79 Å². The number of aliphatic imine (C=N–C) groups is 1. The van der Waals surface area contributed by atoms with Crippen LogP contribution in [0.5, 0.6) is 0 Å². The molecule has 1 aromatic carbocycles. The van der Waals surface area contributed by atoms with Crippen molar-refractivity contribution in [2.24, 2.45) is 10.9 Å². The van der Waals surface area contributed by atoms with Crippen molar-refractivity contribution >= 4 is 11.9 Å². The summed E-state index contributed by atoms with van der Waals surface area (Å²) in [6, 6.07) is 11.5. The molecule has 0 saturated carbocycles.